The average Bonchev–Trinajstić information content (AvgIpc) is 2.61. The summed E-state index contributed by atoms with van der Waals surface area (Å²) in [5.74, 6) is 1.12. The lowest BCUT2D eigenvalue weighted by Crippen LogP contribution is -2.39. The third kappa shape index (κ3) is 2.83. The summed E-state index contributed by atoms with van der Waals surface area (Å²) in [6, 6.07) is 0.226. The SMILES string of the molecule is COCC1CCN(C2CCCCCC2=O)C1. The standard InChI is InChI=1S/C13H23NO2/c1-16-10-11-7-8-14(9-11)12-5-3-2-4-6-13(12)15/h11-12H,2-10H2,1H3. The summed E-state index contributed by atoms with van der Waals surface area (Å²) in [7, 11) is 1.76. The lowest BCUT2D eigenvalue weighted by molar-refractivity contribution is -0.123. The fraction of sp³-hybridized carbons (Fsp3) is 0.923. The molecular formula is C13H23NO2. The molecule has 0 aromatic rings. The molecule has 0 N–H and O–H groups in total. The second kappa shape index (κ2) is 5.78. The van der Waals surface area contributed by atoms with Gasteiger partial charge in [0.05, 0.1) is 12.6 Å². The Kier molecular flexibility index (Phi) is 4.36. The maximum Gasteiger partial charge on any atom is 0.149 e. The van der Waals surface area contributed by atoms with Crippen LogP contribution in [0, 0.1) is 5.92 Å². The van der Waals surface area contributed by atoms with Crippen LogP contribution in [-0.4, -0.2) is 43.5 Å². The van der Waals surface area contributed by atoms with E-state index in [-0.39, 0.29) is 6.04 Å². The molecule has 1 saturated carbocycles. The van der Waals surface area contributed by atoms with E-state index in [0.717, 1.165) is 39.0 Å². The first-order valence-corrected chi connectivity index (χ1v) is 6.57. The summed E-state index contributed by atoms with van der Waals surface area (Å²) >= 11 is 0. The van der Waals surface area contributed by atoms with Gasteiger partial charge in [-0.2, -0.15) is 0 Å². The molecule has 0 radical (unpaired) electrons. The lowest BCUT2D eigenvalue weighted by Gasteiger charge is -2.25. The molecule has 0 aromatic heterocycles. The van der Waals surface area contributed by atoms with Crippen LogP contribution in [0.15, 0.2) is 0 Å². The number of carbonyl (C=O) groups excluding carboxylic acids is 1. The Morgan fingerprint density at radius 2 is 2.19 bits per heavy atom. The van der Waals surface area contributed by atoms with Crippen LogP contribution in [0.25, 0.3) is 0 Å². The van der Waals surface area contributed by atoms with Gasteiger partial charge >= 0.3 is 0 Å². The topological polar surface area (TPSA) is 29.5 Å². The van der Waals surface area contributed by atoms with Crippen molar-refractivity contribution < 1.29 is 9.53 Å². The predicted molar refractivity (Wildman–Crippen MR) is 63.4 cm³/mol. The zero-order chi connectivity index (χ0) is 11.4. The summed E-state index contributed by atoms with van der Waals surface area (Å²) in [4.78, 5) is 14.4. The molecular weight excluding hydrogens is 202 g/mol. The number of rotatable bonds is 3. The number of hydrogen-bond donors (Lipinski definition) is 0. The smallest absolute Gasteiger partial charge is 0.149 e. The van der Waals surface area contributed by atoms with E-state index in [0.29, 0.717) is 11.7 Å². The first kappa shape index (κ1) is 12.1. The molecule has 0 spiro atoms. The molecule has 2 unspecified atom stereocenters. The molecule has 1 aliphatic carbocycles. The molecule has 1 saturated heterocycles. The van der Waals surface area contributed by atoms with E-state index < -0.39 is 0 Å². The van der Waals surface area contributed by atoms with Gasteiger partial charge in [0.1, 0.15) is 5.78 Å². The molecule has 16 heavy (non-hydrogen) atoms. The fourth-order valence-corrected chi connectivity index (χ4v) is 3.04. The zero-order valence-electron chi connectivity index (χ0n) is 10.3. The van der Waals surface area contributed by atoms with Gasteiger partial charge in [-0.15, -0.1) is 0 Å². The highest BCUT2D eigenvalue weighted by Crippen LogP contribution is 2.25. The predicted octanol–water partition coefficient (Wildman–Crippen LogP) is 1.86. The normalized spacial score (nSPS) is 32.9. The van der Waals surface area contributed by atoms with Crippen molar-refractivity contribution in [3.8, 4) is 0 Å². The summed E-state index contributed by atoms with van der Waals surface area (Å²) in [6.07, 6.45) is 6.64. The van der Waals surface area contributed by atoms with Crippen LogP contribution >= 0.6 is 0 Å². The summed E-state index contributed by atoms with van der Waals surface area (Å²) in [6.45, 7) is 2.99. The van der Waals surface area contributed by atoms with Gasteiger partial charge in [-0.05, 0) is 31.7 Å². The van der Waals surface area contributed by atoms with Crippen LogP contribution in [0.3, 0.4) is 0 Å². The van der Waals surface area contributed by atoms with E-state index in [2.05, 4.69) is 4.90 Å². The van der Waals surface area contributed by atoms with Crippen molar-refractivity contribution in [1.82, 2.24) is 4.90 Å². The maximum atomic E-state index is 12.0. The molecule has 0 aromatic carbocycles. The third-order valence-corrected chi connectivity index (χ3v) is 3.93. The van der Waals surface area contributed by atoms with Gasteiger partial charge in [0.2, 0.25) is 0 Å². The number of nitrogens with zero attached hydrogens (tertiary/aromatic N) is 1. The lowest BCUT2D eigenvalue weighted by atomic mass is 10.1. The Bertz CT molecular complexity index is 242. The quantitative estimate of drug-likeness (QED) is 0.687. The van der Waals surface area contributed by atoms with Gasteiger partial charge in [-0.3, -0.25) is 9.69 Å². The van der Waals surface area contributed by atoms with Gasteiger partial charge in [0, 0.05) is 20.1 Å². The highest BCUT2D eigenvalue weighted by molar-refractivity contribution is 5.84. The van der Waals surface area contributed by atoms with Gasteiger partial charge in [0.25, 0.3) is 0 Å². The van der Waals surface area contributed by atoms with Gasteiger partial charge in [0.15, 0.2) is 0 Å². The minimum absolute atomic E-state index is 0.226. The molecule has 0 bridgehead atoms. The molecule has 92 valence electrons. The first-order valence-electron chi connectivity index (χ1n) is 6.57. The fourth-order valence-electron chi connectivity index (χ4n) is 3.04. The van der Waals surface area contributed by atoms with Crippen LogP contribution < -0.4 is 0 Å². The number of ketones is 1. The number of Topliss-reactive ketones (excluding diaryl/α,β-unsaturated/α-hetero) is 1. The Labute approximate surface area is 98.1 Å². The molecule has 2 rings (SSSR count). The summed E-state index contributed by atoms with van der Waals surface area (Å²) in [5, 5.41) is 0. The first-order chi connectivity index (χ1) is 7.81. The van der Waals surface area contributed by atoms with Gasteiger partial charge in [-0.1, -0.05) is 12.8 Å². The second-order valence-electron chi connectivity index (χ2n) is 5.19. The zero-order valence-corrected chi connectivity index (χ0v) is 10.3. The number of carbonyl (C=O) groups is 1. The Morgan fingerprint density at radius 3 is 3.00 bits per heavy atom. The molecule has 3 heteroatoms. The van der Waals surface area contributed by atoms with E-state index in [4.69, 9.17) is 4.74 Å². The van der Waals surface area contributed by atoms with Gasteiger partial charge < -0.3 is 4.74 Å². The van der Waals surface area contributed by atoms with E-state index in [1.165, 1.54) is 19.3 Å². The number of hydrogen-bond acceptors (Lipinski definition) is 3. The average molecular weight is 225 g/mol. The van der Waals surface area contributed by atoms with Crippen molar-refractivity contribution in [2.45, 2.75) is 44.6 Å². The molecule has 2 fully saturated rings. The van der Waals surface area contributed by atoms with E-state index in [9.17, 15) is 4.79 Å². The van der Waals surface area contributed by atoms with Crippen molar-refractivity contribution in [3.05, 3.63) is 0 Å². The monoisotopic (exact) mass is 225 g/mol. The van der Waals surface area contributed by atoms with Crippen molar-refractivity contribution >= 4 is 5.78 Å². The van der Waals surface area contributed by atoms with E-state index >= 15 is 0 Å². The third-order valence-electron chi connectivity index (χ3n) is 3.93. The van der Waals surface area contributed by atoms with Crippen molar-refractivity contribution in [1.29, 1.82) is 0 Å². The number of likely N-dealkylation sites (tertiary alicyclic amines) is 1. The second-order valence-corrected chi connectivity index (χ2v) is 5.19. The van der Waals surface area contributed by atoms with Crippen LogP contribution in [-0.2, 0) is 9.53 Å². The Morgan fingerprint density at radius 1 is 1.31 bits per heavy atom. The van der Waals surface area contributed by atoms with Crippen molar-refractivity contribution in [3.63, 3.8) is 0 Å². The van der Waals surface area contributed by atoms with Crippen LogP contribution in [0.2, 0.25) is 0 Å². The molecule has 1 heterocycles. The number of methoxy groups -OCH3 is 1. The minimum atomic E-state index is 0.226. The Hall–Kier alpha value is -0.410. The van der Waals surface area contributed by atoms with Crippen molar-refractivity contribution in [2.75, 3.05) is 26.8 Å². The van der Waals surface area contributed by atoms with Crippen LogP contribution in [0.4, 0.5) is 0 Å². The Balaban J connectivity index is 1.89. The molecule has 1 aliphatic heterocycles. The number of ether oxygens (including phenoxy) is 1. The summed E-state index contributed by atoms with van der Waals surface area (Å²) in [5.41, 5.74) is 0. The molecule has 2 aliphatic rings. The van der Waals surface area contributed by atoms with Crippen LogP contribution in [0.5, 0.6) is 0 Å². The van der Waals surface area contributed by atoms with Crippen molar-refractivity contribution in [2.24, 2.45) is 5.92 Å². The highest BCUT2D eigenvalue weighted by Gasteiger charge is 2.32. The summed E-state index contributed by atoms with van der Waals surface area (Å²) < 4.78 is 5.20. The maximum absolute atomic E-state index is 12.0. The molecule has 2 atom stereocenters. The van der Waals surface area contributed by atoms with E-state index in [1.54, 1.807) is 7.11 Å². The largest absolute Gasteiger partial charge is 0.384 e. The van der Waals surface area contributed by atoms with Crippen LogP contribution in [0.1, 0.15) is 38.5 Å². The molecule has 0 amide bonds. The molecule has 3 nitrogen and oxygen atoms in total. The minimum Gasteiger partial charge on any atom is -0.384 e. The van der Waals surface area contributed by atoms with E-state index in [1.807, 2.05) is 0 Å². The van der Waals surface area contributed by atoms with Gasteiger partial charge in [-0.25, -0.2) is 0 Å². The highest BCUT2D eigenvalue weighted by atomic mass is 16.5.